The monoisotopic (exact) mass is 192 g/mol. The third kappa shape index (κ3) is 1.46. The molecule has 72 valence electrons. The lowest BCUT2D eigenvalue weighted by Gasteiger charge is -2.04. The van der Waals surface area contributed by atoms with E-state index < -0.39 is 0 Å². The summed E-state index contributed by atoms with van der Waals surface area (Å²) in [7, 11) is 1.50. The van der Waals surface area contributed by atoms with E-state index in [4.69, 9.17) is 4.74 Å². The number of rotatable bonds is 2. The molecule has 0 saturated carbocycles. The van der Waals surface area contributed by atoms with Gasteiger partial charge in [-0.2, -0.15) is 5.10 Å². The summed E-state index contributed by atoms with van der Waals surface area (Å²) < 4.78 is 19.8. The summed E-state index contributed by atoms with van der Waals surface area (Å²) in [5, 5.41) is 3.94. The van der Waals surface area contributed by atoms with Crippen LogP contribution in [-0.2, 0) is 0 Å². The van der Waals surface area contributed by atoms with Gasteiger partial charge >= 0.3 is 0 Å². The third-order valence-electron chi connectivity index (χ3n) is 1.91. The van der Waals surface area contributed by atoms with E-state index in [0.29, 0.717) is 11.4 Å². The van der Waals surface area contributed by atoms with Crippen molar-refractivity contribution >= 4 is 0 Å². The number of methoxy groups -OCH3 is 1. The van der Waals surface area contributed by atoms with Gasteiger partial charge in [-0.15, -0.1) is 0 Å². The molecule has 0 fully saturated rings. The highest BCUT2D eigenvalue weighted by atomic mass is 19.1. The van der Waals surface area contributed by atoms with Crippen molar-refractivity contribution in [2.24, 2.45) is 0 Å². The smallest absolute Gasteiger partial charge is 0.152 e. The van der Waals surface area contributed by atoms with Crippen LogP contribution in [-0.4, -0.2) is 16.9 Å². The molecule has 14 heavy (non-hydrogen) atoms. The fraction of sp³-hybridized carbons (Fsp3) is 0.100. The van der Waals surface area contributed by atoms with Crippen molar-refractivity contribution in [2.45, 2.75) is 0 Å². The van der Waals surface area contributed by atoms with Crippen LogP contribution in [0.2, 0.25) is 0 Å². The Morgan fingerprint density at radius 2 is 2.29 bits per heavy atom. The first kappa shape index (κ1) is 8.74. The van der Waals surface area contributed by atoms with E-state index in [9.17, 15) is 4.39 Å². The summed E-state index contributed by atoms with van der Waals surface area (Å²) in [6.45, 7) is 0. The van der Waals surface area contributed by atoms with Crippen molar-refractivity contribution in [3.8, 4) is 11.4 Å². The molecule has 0 atom stereocenters. The maximum atomic E-state index is 13.5. The van der Waals surface area contributed by atoms with Crippen LogP contribution >= 0.6 is 0 Å². The van der Waals surface area contributed by atoms with Crippen molar-refractivity contribution in [1.82, 2.24) is 9.78 Å². The Morgan fingerprint density at radius 3 is 2.86 bits per heavy atom. The molecule has 0 bridgehead atoms. The van der Waals surface area contributed by atoms with Crippen LogP contribution in [0.1, 0.15) is 0 Å². The highest BCUT2D eigenvalue weighted by Crippen LogP contribution is 2.18. The molecule has 1 aromatic heterocycles. The molecule has 0 amide bonds. The number of ether oxygens (including phenoxy) is 1. The van der Waals surface area contributed by atoms with E-state index in [1.54, 1.807) is 30.6 Å². The van der Waals surface area contributed by atoms with E-state index in [0.717, 1.165) is 0 Å². The van der Waals surface area contributed by atoms with Gasteiger partial charge < -0.3 is 4.74 Å². The van der Waals surface area contributed by atoms with E-state index in [1.807, 2.05) is 0 Å². The van der Waals surface area contributed by atoms with Crippen LogP contribution in [0, 0.1) is 5.82 Å². The molecule has 4 heteroatoms. The van der Waals surface area contributed by atoms with Gasteiger partial charge in [0.2, 0.25) is 0 Å². The molecule has 0 spiro atoms. The topological polar surface area (TPSA) is 27.1 Å². The molecule has 0 aliphatic rings. The summed E-state index contributed by atoms with van der Waals surface area (Å²) in [5.74, 6) is 0.145. The fourth-order valence-corrected chi connectivity index (χ4v) is 1.21. The minimum atomic E-state index is -0.354. The average molecular weight is 192 g/mol. The lowest BCUT2D eigenvalue weighted by Crippen LogP contribution is -1.98. The molecule has 1 aromatic carbocycles. The molecular formula is C10H9FN2O. The van der Waals surface area contributed by atoms with Crippen molar-refractivity contribution < 1.29 is 9.13 Å². The molecule has 0 aliphatic heterocycles. The molecule has 2 rings (SSSR count). The van der Waals surface area contributed by atoms with Gasteiger partial charge in [-0.1, -0.05) is 0 Å². The first-order valence-corrected chi connectivity index (χ1v) is 4.15. The van der Waals surface area contributed by atoms with Gasteiger partial charge in [0.05, 0.1) is 7.11 Å². The van der Waals surface area contributed by atoms with Crippen LogP contribution in [0.5, 0.6) is 5.75 Å². The molecule has 0 N–H and O–H groups in total. The third-order valence-corrected chi connectivity index (χ3v) is 1.91. The normalized spacial score (nSPS) is 10.1. The van der Waals surface area contributed by atoms with Gasteiger partial charge in [0.1, 0.15) is 11.4 Å². The number of aromatic nitrogens is 2. The highest BCUT2D eigenvalue weighted by Gasteiger charge is 2.05. The van der Waals surface area contributed by atoms with Crippen LogP contribution in [0.3, 0.4) is 0 Å². The standard InChI is InChI=1S/C10H9FN2O/c1-14-8-3-4-10(9(11)7-8)13-6-2-5-12-13/h2-7H,1H3. The van der Waals surface area contributed by atoms with Crippen molar-refractivity contribution in [3.05, 3.63) is 42.5 Å². The number of benzene rings is 1. The summed E-state index contributed by atoms with van der Waals surface area (Å²) in [4.78, 5) is 0. The van der Waals surface area contributed by atoms with Crippen LogP contribution in [0.15, 0.2) is 36.7 Å². The van der Waals surface area contributed by atoms with E-state index in [1.165, 1.54) is 17.9 Å². The summed E-state index contributed by atoms with van der Waals surface area (Å²) in [6, 6.07) is 6.39. The van der Waals surface area contributed by atoms with Crippen molar-refractivity contribution in [1.29, 1.82) is 0 Å². The van der Waals surface area contributed by atoms with Crippen molar-refractivity contribution in [2.75, 3.05) is 7.11 Å². The second kappa shape index (κ2) is 3.49. The lowest BCUT2D eigenvalue weighted by atomic mass is 10.3. The summed E-state index contributed by atoms with van der Waals surface area (Å²) in [6.07, 6.45) is 3.29. The predicted octanol–water partition coefficient (Wildman–Crippen LogP) is 2.02. The van der Waals surface area contributed by atoms with Crippen LogP contribution < -0.4 is 4.74 Å². The van der Waals surface area contributed by atoms with Gasteiger partial charge in [-0.05, 0) is 18.2 Å². The Labute approximate surface area is 80.7 Å². The van der Waals surface area contributed by atoms with E-state index in [2.05, 4.69) is 5.10 Å². The van der Waals surface area contributed by atoms with Gasteiger partial charge in [-0.3, -0.25) is 0 Å². The maximum absolute atomic E-state index is 13.5. The Bertz CT molecular complexity index is 426. The molecule has 0 aliphatic carbocycles. The highest BCUT2D eigenvalue weighted by molar-refractivity contribution is 5.38. The summed E-state index contributed by atoms with van der Waals surface area (Å²) >= 11 is 0. The number of hydrogen-bond donors (Lipinski definition) is 0. The Kier molecular flexibility index (Phi) is 2.18. The molecule has 2 aromatic rings. The summed E-state index contributed by atoms with van der Waals surface area (Å²) in [5.41, 5.74) is 0.413. The molecule has 0 radical (unpaired) electrons. The predicted molar refractivity (Wildman–Crippen MR) is 50.1 cm³/mol. The molecule has 0 saturated heterocycles. The Balaban J connectivity index is 2.46. The number of hydrogen-bond acceptors (Lipinski definition) is 2. The SMILES string of the molecule is COc1ccc(-n2cccn2)c(F)c1. The molecule has 1 heterocycles. The lowest BCUT2D eigenvalue weighted by molar-refractivity contribution is 0.411. The zero-order chi connectivity index (χ0) is 9.97. The number of halogens is 1. The Hall–Kier alpha value is -1.84. The average Bonchev–Trinajstić information content (AvgIpc) is 2.70. The maximum Gasteiger partial charge on any atom is 0.152 e. The minimum absolute atomic E-state index is 0.354. The first-order chi connectivity index (χ1) is 6.81. The molecule has 0 unspecified atom stereocenters. The van der Waals surface area contributed by atoms with Crippen molar-refractivity contribution in [3.63, 3.8) is 0 Å². The van der Waals surface area contributed by atoms with Gasteiger partial charge in [-0.25, -0.2) is 9.07 Å². The van der Waals surface area contributed by atoms with E-state index >= 15 is 0 Å². The zero-order valence-corrected chi connectivity index (χ0v) is 7.64. The largest absolute Gasteiger partial charge is 0.497 e. The fourth-order valence-electron chi connectivity index (χ4n) is 1.21. The minimum Gasteiger partial charge on any atom is -0.497 e. The first-order valence-electron chi connectivity index (χ1n) is 4.15. The molecule has 3 nitrogen and oxygen atoms in total. The van der Waals surface area contributed by atoms with Gasteiger partial charge in [0.15, 0.2) is 5.82 Å². The second-order valence-electron chi connectivity index (χ2n) is 2.77. The number of nitrogens with zero attached hydrogens (tertiary/aromatic N) is 2. The van der Waals surface area contributed by atoms with Crippen LogP contribution in [0.25, 0.3) is 5.69 Å². The van der Waals surface area contributed by atoms with E-state index in [-0.39, 0.29) is 5.82 Å². The quantitative estimate of drug-likeness (QED) is 0.727. The zero-order valence-electron chi connectivity index (χ0n) is 7.64. The van der Waals surface area contributed by atoms with Gasteiger partial charge in [0, 0.05) is 18.5 Å². The second-order valence-corrected chi connectivity index (χ2v) is 2.77. The Morgan fingerprint density at radius 1 is 1.43 bits per heavy atom. The van der Waals surface area contributed by atoms with Crippen LogP contribution in [0.4, 0.5) is 4.39 Å². The van der Waals surface area contributed by atoms with Gasteiger partial charge in [0.25, 0.3) is 0 Å². The molecular weight excluding hydrogens is 183 g/mol.